The Balaban J connectivity index is 0.000000605. The molecule has 1 aromatic carbocycles. The molecule has 0 bridgehead atoms. The molecule has 0 saturated heterocycles. The maximum Gasteiger partial charge on any atom is 0.0701 e. The molecule has 1 nitrogen and oxygen atoms in total. The second kappa shape index (κ2) is 4.21. The first kappa shape index (κ1) is 9.20. The van der Waals surface area contributed by atoms with Gasteiger partial charge in [-0.15, -0.1) is 0 Å². The minimum Gasteiger partial charge on any atom is -0.256 e. The summed E-state index contributed by atoms with van der Waals surface area (Å²) in [6.07, 6.45) is 1.81. The maximum absolute atomic E-state index is 4.18. The molecule has 11 heavy (non-hydrogen) atoms. The van der Waals surface area contributed by atoms with Crippen LogP contribution in [0.4, 0.5) is 0 Å². The number of hydrogen-bond donors (Lipinski definition) is 0. The van der Waals surface area contributed by atoms with E-state index in [0.717, 1.165) is 5.52 Å². The van der Waals surface area contributed by atoms with Crippen LogP contribution in [0.25, 0.3) is 10.9 Å². The van der Waals surface area contributed by atoms with E-state index in [9.17, 15) is 0 Å². The summed E-state index contributed by atoms with van der Waals surface area (Å²) in [5.74, 6) is 0. The SMILES string of the molecule is [SrH2].c1ccc2ncccc2c1. The molecule has 0 unspecified atom stereocenters. The molecule has 52 valence electrons. The van der Waals surface area contributed by atoms with Crippen molar-refractivity contribution in [3.05, 3.63) is 42.6 Å². The molecular weight excluding hydrogens is 210 g/mol. The summed E-state index contributed by atoms with van der Waals surface area (Å²) in [5.41, 5.74) is 1.06. The van der Waals surface area contributed by atoms with Crippen LogP contribution in [0.2, 0.25) is 0 Å². The maximum atomic E-state index is 4.18. The smallest absolute Gasteiger partial charge is 0.0701 e. The molecule has 1 heterocycles. The summed E-state index contributed by atoms with van der Waals surface area (Å²) >= 11 is 0. The monoisotopic (exact) mass is 219 g/mol. The quantitative estimate of drug-likeness (QED) is 0.608. The van der Waals surface area contributed by atoms with Crippen molar-refractivity contribution in [1.29, 1.82) is 0 Å². The molecule has 2 heteroatoms. The molecule has 0 atom stereocenters. The van der Waals surface area contributed by atoms with Gasteiger partial charge in [-0.2, -0.15) is 0 Å². The van der Waals surface area contributed by atoms with Crippen LogP contribution in [-0.2, 0) is 0 Å². The normalized spacial score (nSPS) is 9.09. The van der Waals surface area contributed by atoms with Crippen molar-refractivity contribution in [2.75, 3.05) is 0 Å². The fourth-order valence-corrected chi connectivity index (χ4v) is 1.02. The molecule has 2 rings (SSSR count). The Hall–Kier alpha value is 0.111. The van der Waals surface area contributed by atoms with Crippen LogP contribution in [0.3, 0.4) is 0 Å². The molecule has 1 aromatic heterocycles. The van der Waals surface area contributed by atoms with E-state index in [4.69, 9.17) is 0 Å². The van der Waals surface area contributed by atoms with Crippen LogP contribution >= 0.6 is 0 Å². The fraction of sp³-hybridized carbons (Fsp3) is 0. The summed E-state index contributed by atoms with van der Waals surface area (Å²) in [5, 5.41) is 1.20. The van der Waals surface area contributed by atoms with Gasteiger partial charge in [-0.05, 0) is 12.1 Å². The van der Waals surface area contributed by atoms with Gasteiger partial charge in [0.15, 0.2) is 0 Å². The van der Waals surface area contributed by atoms with Crippen LogP contribution < -0.4 is 0 Å². The first-order valence-corrected chi connectivity index (χ1v) is 3.26. The van der Waals surface area contributed by atoms with Gasteiger partial charge < -0.3 is 0 Å². The standard InChI is InChI=1S/C9H7N.Sr.2H/c1-2-6-9-8(4-1)5-3-7-10-9;;;/h1-7H;;;. The van der Waals surface area contributed by atoms with Crippen molar-refractivity contribution >= 4 is 56.4 Å². The molecule has 0 aliphatic carbocycles. The zero-order chi connectivity index (χ0) is 6.81. The predicted molar refractivity (Wildman–Crippen MR) is 50.3 cm³/mol. The fourth-order valence-electron chi connectivity index (χ4n) is 1.02. The summed E-state index contributed by atoms with van der Waals surface area (Å²) < 4.78 is 0. The Morgan fingerprint density at radius 2 is 1.64 bits per heavy atom. The minimum absolute atomic E-state index is 0. The second-order valence-electron chi connectivity index (χ2n) is 2.20. The third-order valence-electron chi connectivity index (χ3n) is 1.51. The largest absolute Gasteiger partial charge is 0.256 e. The van der Waals surface area contributed by atoms with Gasteiger partial charge in [0.2, 0.25) is 0 Å². The van der Waals surface area contributed by atoms with Gasteiger partial charge in [0, 0.05) is 11.6 Å². The molecule has 0 fully saturated rings. The summed E-state index contributed by atoms with van der Waals surface area (Å²) in [6.45, 7) is 0. The molecule has 0 aliphatic heterocycles. The molecular formula is C9H9NSr. The average molecular weight is 219 g/mol. The Morgan fingerprint density at radius 3 is 2.45 bits per heavy atom. The van der Waals surface area contributed by atoms with Gasteiger partial charge in [0.05, 0.1) is 5.52 Å². The van der Waals surface area contributed by atoms with Crippen molar-refractivity contribution in [2.24, 2.45) is 0 Å². The zero-order valence-corrected chi connectivity index (χ0v) is 5.49. The topological polar surface area (TPSA) is 12.9 Å². The molecule has 0 N–H and O–H groups in total. The Morgan fingerprint density at radius 1 is 0.909 bits per heavy atom. The molecule has 0 aliphatic rings. The second-order valence-corrected chi connectivity index (χ2v) is 2.20. The molecule has 0 spiro atoms. The predicted octanol–water partition coefficient (Wildman–Crippen LogP) is 1.32. The third kappa shape index (κ3) is 2.03. The van der Waals surface area contributed by atoms with Crippen molar-refractivity contribution in [3.8, 4) is 0 Å². The molecule has 0 radical (unpaired) electrons. The van der Waals surface area contributed by atoms with Gasteiger partial charge in [-0.25, -0.2) is 0 Å². The van der Waals surface area contributed by atoms with Gasteiger partial charge in [-0.3, -0.25) is 4.98 Å². The third-order valence-corrected chi connectivity index (χ3v) is 1.51. The number of fused-ring (bicyclic) bond motifs is 1. The number of benzene rings is 1. The van der Waals surface area contributed by atoms with E-state index < -0.39 is 0 Å². The van der Waals surface area contributed by atoms with E-state index in [1.54, 1.807) is 0 Å². The van der Waals surface area contributed by atoms with E-state index in [0.29, 0.717) is 0 Å². The van der Waals surface area contributed by atoms with Crippen molar-refractivity contribution in [1.82, 2.24) is 4.98 Å². The van der Waals surface area contributed by atoms with E-state index >= 15 is 0 Å². The van der Waals surface area contributed by atoms with Gasteiger partial charge in [0.1, 0.15) is 0 Å². The first-order valence-electron chi connectivity index (χ1n) is 3.26. The van der Waals surface area contributed by atoms with Crippen LogP contribution in [0, 0.1) is 0 Å². The minimum atomic E-state index is 0. The Kier molecular flexibility index (Phi) is 3.53. The molecule has 0 saturated carbocycles. The number of para-hydroxylation sites is 1. The van der Waals surface area contributed by atoms with Crippen LogP contribution in [0.15, 0.2) is 42.6 Å². The van der Waals surface area contributed by atoms with Crippen LogP contribution in [-0.4, -0.2) is 50.5 Å². The van der Waals surface area contributed by atoms with Gasteiger partial charge >= 0.3 is 45.5 Å². The van der Waals surface area contributed by atoms with Gasteiger partial charge in [0.25, 0.3) is 0 Å². The van der Waals surface area contributed by atoms with Crippen LogP contribution in [0.5, 0.6) is 0 Å². The first-order chi connectivity index (χ1) is 4.97. The van der Waals surface area contributed by atoms with E-state index in [1.807, 2.05) is 30.5 Å². The Labute approximate surface area is 103 Å². The number of pyridine rings is 1. The van der Waals surface area contributed by atoms with Gasteiger partial charge in [-0.1, -0.05) is 24.3 Å². The summed E-state index contributed by atoms with van der Waals surface area (Å²) in [7, 11) is 0. The number of rotatable bonds is 0. The van der Waals surface area contributed by atoms with Crippen molar-refractivity contribution in [3.63, 3.8) is 0 Å². The van der Waals surface area contributed by atoms with E-state index in [2.05, 4.69) is 17.1 Å². The van der Waals surface area contributed by atoms with E-state index in [-0.39, 0.29) is 45.5 Å². The van der Waals surface area contributed by atoms with Crippen LogP contribution in [0.1, 0.15) is 0 Å². The number of aromatic nitrogens is 1. The van der Waals surface area contributed by atoms with Crippen molar-refractivity contribution in [2.45, 2.75) is 0 Å². The average Bonchev–Trinajstić information content (AvgIpc) is 2.05. The molecule has 2 aromatic rings. The molecule has 0 amide bonds. The number of hydrogen-bond acceptors (Lipinski definition) is 1. The summed E-state index contributed by atoms with van der Waals surface area (Å²) in [6, 6.07) is 12.1. The number of nitrogens with zero attached hydrogens (tertiary/aromatic N) is 1. The summed E-state index contributed by atoms with van der Waals surface area (Å²) in [4.78, 5) is 4.18. The van der Waals surface area contributed by atoms with Crippen molar-refractivity contribution < 1.29 is 0 Å². The zero-order valence-electron chi connectivity index (χ0n) is 5.49. The van der Waals surface area contributed by atoms with E-state index in [1.165, 1.54) is 5.39 Å². The Bertz CT molecular complexity index is 281.